The van der Waals surface area contributed by atoms with E-state index in [9.17, 15) is 13.0 Å². The highest BCUT2D eigenvalue weighted by molar-refractivity contribution is 7.89. The van der Waals surface area contributed by atoms with Crippen LogP contribution in [0.2, 0.25) is 0 Å². The monoisotopic (exact) mass is 526 g/mol. The third kappa shape index (κ3) is 8.41. The number of hydrogen-bond acceptors (Lipinski definition) is 7. The normalized spacial score (nSPS) is 13.4. The highest BCUT2D eigenvalue weighted by atomic mass is 32.2. The van der Waals surface area contributed by atoms with E-state index in [1.807, 2.05) is 26.0 Å². The maximum atomic E-state index is 13.3. The standard InChI is InChI=1S/C25H39N2O6PS/c1-6-32-34(28,33-7-2)24-12-8-21(9-13-24)18-22(26)16-17-27(19-20(3)4)35(29,30)25-14-10-23(31-5)11-15-25/h8-15,20,22H,6-7,16-19,26H2,1-5H3/t22-/m1/s1. The van der Waals surface area contributed by atoms with Crippen LogP contribution in [0.3, 0.4) is 0 Å². The van der Waals surface area contributed by atoms with E-state index >= 15 is 0 Å². The Bertz CT molecular complexity index is 1050. The minimum absolute atomic E-state index is 0.165. The van der Waals surface area contributed by atoms with Crippen LogP contribution >= 0.6 is 7.60 Å². The topological polar surface area (TPSA) is 108 Å². The van der Waals surface area contributed by atoms with Gasteiger partial charge in [0.25, 0.3) is 0 Å². The zero-order valence-corrected chi connectivity index (χ0v) is 23.1. The van der Waals surface area contributed by atoms with E-state index in [2.05, 4.69) is 0 Å². The van der Waals surface area contributed by atoms with Crippen molar-refractivity contribution in [1.29, 1.82) is 0 Å². The number of methoxy groups -OCH3 is 1. The summed E-state index contributed by atoms with van der Waals surface area (Å²) in [5.74, 6) is 0.768. The van der Waals surface area contributed by atoms with E-state index in [-0.39, 0.29) is 30.1 Å². The van der Waals surface area contributed by atoms with Crippen molar-refractivity contribution in [3.05, 3.63) is 54.1 Å². The molecule has 0 aliphatic carbocycles. The SMILES string of the molecule is CCOP(=O)(OCC)c1ccc(C[C@H](N)CCN(CC(C)C)S(=O)(=O)c2ccc(OC)cc2)cc1. The van der Waals surface area contributed by atoms with Crippen molar-refractivity contribution in [2.45, 2.75) is 51.5 Å². The molecule has 0 aliphatic heterocycles. The average molecular weight is 527 g/mol. The quantitative estimate of drug-likeness (QED) is 0.347. The molecule has 0 fully saturated rings. The lowest BCUT2D eigenvalue weighted by Crippen LogP contribution is -2.38. The van der Waals surface area contributed by atoms with Gasteiger partial charge in [0, 0.05) is 19.1 Å². The Kier molecular flexibility index (Phi) is 11.4. The molecular formula is C25H39N2O6PS. The number of hydrogen-bond donors (Lipinski definition) is 1. The minimum atomic E-state index is -3.66. The molecule has 0 aliphatic rings. The first-order valence-corrected chi connectivity index (χ1v) is 14.9. The molecule has 0 saturated carbocycles. The largest absolute Gasteiger partial charge is 0.497 e. The molecule has 0 radical (unpaired) electrons. The molecule has 10 heteroatoms. The molecule has 2 aromatic carbocycles. The second kappa shape index (κ2) is 13.5. The van der Waals surface area contributed by atoms with E-state index in [0.717, 1.165) is 5.56 Å². The molecule has 2 N–H and O–H groups in total. The van der Waals surface area contributed by atoms with Crippen LogP contribution in [0.4, 0.5) is 0 Å². The van der Waals surface area contributed by atoms with Gasteiger partial charge >= 0.3 is 7.60 Å². The summed E-state index contributed by atoms with van der Waals surface area (Å²) < 4.78 is 56.9. The molecule has 8 nitrogen and oxygen atoms in total. The highest BCUT2D eigenvalue weighted by Crippen LogP contribution is 2.46. The number of ether oxygens (including phenoxy) is 1. The van der Waals surface area contributed by atoms with Crippen LogP contribution in [0.1, 0.15) is 39.7 Å². The minimum Gasteiger partial charge on any atom is -0.497 e. The summed E-state index contributed by atoms with van der Waals surface area (Å²) in [6, 6.07) is 13.4. The van der Waals surface area contributed by atoms with E-state index in [4.69, 9.17) is 19.5 Å². The van der Waals surface area contributed by atoms with Gasteiger partial charge in [-0.2, -0.15) is 4.31 Å². The van der Waals surface area contributed by atoms with Crippen LogP contribution in [0.5, 0.6) is 5.75 Å². The summed E-state index contributed by atoms with van der Waals surface area (Å²) in [5, 5.41) is 0.507. The van der Waals surface area contributed by atoms with Gasteiger partial charge in [-0.05, 0) is 74.6 Å². The van der Waals surface area contributed by atoms with Gasteiger partial charge in [-0.15, -0.1) is 0 Å². The molecular weight excluding hydrogens is 487 g/mol. The fourth-order valence-corrected chi connectivity index (χ4v) is 6.85. The summed E-state index contributed by atoms with van der Waals surface area (Å²) in [4.78, 5) is 0.233. The Hall–Kier alpha value is -1.74. The van der Waals surface area contributed by atoms with Gasteiger partial charge in [0.15, 0.2) is 0 Å². The second-order valence-corrected chi connectivity index (χ2v) is 12.7. The van der Waals surface area contributed by atoms with Crippen LogP contribution in [-0.2, 0) is 30.1 Å². The van der Waals surface area contributed by atoms with Crippen LogP contribution in [-0.4, -0.2) is 52.2 Å². The maximum absolute atomic E-state index is 13.3. The van der Waals surface area contributed by atoms with E-state index < -0.39 is 17.6 Å². The first-order valence-electron chi connectivity index (χ1n) is 11.9. The van der Waals surface area contributed by atoms with Gasteiger partial charge in [-0.25, -0.2) is 8.42 Å². The van der Waals surface area contributed by atoms with Crippen LogP contribution in [0.25, 0.3) is 0 Å². The molecule has 2 aromatic rings. The second-order valence-electron chi connectivity index (χ2n) is 8.68. The summed E-state index contributed by atoms with van der Waals surface area (Å²) in [7, 11) is -5.45. The molecule has 35 heavy (non-hydrogen) atoms. The van der Waals surface area contributed by atoms with Gasteiger partial charge in [0.1, 0.15) is 5.75 Å². The molecule has 0 amide bonds. The lowest BCUT2D eigenvalue weighted by molar-refractivity contribution is 0.230. The van der Waals surface area contributed by atoms with E-state index in [1.165, 1.54) is 4.31 Å². The Labute approximate surface area is 210 Å². The molecule has 0 aromatic heterocycles. The fourth-order valence-electron chi connectivity index (χ4n) is 3.67. The van der Waals surface area contributed by atoms with Crippen molar-refractivity contribution < 1.29 is 26.8 Å². The molecule has 0 heterocycles. The van der Waals surface area contributed by atoms with Crippen molar-refractivity contribution in [2.24, 2.45) is 11.7 Å². The van der Waals surface area contributed by atoms with Crippen molar-refractivity contribution >= 4 is 22.9 Å². The summed E-state index contributed by atoms with van der Waals surface area (Å²) in [6.07, 6.45) is 1.06. The summed E-state index contributed by atoms with van der Waals surface area (Å²) in [5.41, 5.74) is 7.35. The first kappa shape index (κ1) is 29.5. The molecule has 0 unspecified atom stereocenters. The Morgan fingerprint density at radius 1 is 0.971 bits per heavy atom. The lowest BCUT2D eigenvalue weighted by atomic mass is 10.0. The van der Waals surface area contributed by atoms with Crippen LogP contribution in [0, 0.1) is 5.92 Å². The lowest BCUT2D eigenvalue weighted by Gasteiger charge is -2.25. The van der Waals surface area contributed by atoms with Gasteiger partial charge in [0.2, 0.25) is 10.0 Å². The van der Waals surface area contributed by atoms with Gasteiger partial charge in [-0.1, -0.05) is 26.0 Å². The number of nitrogens with two attached hydrogens (primary N) is 1. The average Bonchev–Trinajstić information content (AvgIpc) is 2.82. The predicted molar refractivity (Wildman–Crippen MR) is 140 cm³/mol. The number of sulfonamides is 1. The molecule has 1 atom stereocenters. The molecule has 0 spiro atoms. The maximum Gasteiger partial charge on any atom is 0.361 e. The fraction of sp³-hybridized carbons (Fsp3) is 0.520. The number of nitrogens with zero attached hydrogens (tertiary/aromatic N) is 1. The zero-order valence-electron chi connectivity index (χ0n) is 21.3. The van der Waals surface area contributed by atoms with Crippen molar-refractivity contribution in [2.75, 3.05) is 33.4 Å². The highest BCUT2D eigenvalue weighted by Gasteiger charge is 2.27. The van der Waals surface area contributed by atoms with Crippen molar-refractivity contribution in [3.63, 3.8) is 0 Å². The first-order chi connectivity index (χ1) is 16.6. The van der Waals surface area contributed by atoms with Gasteiger partial charge in [-0.3, -0.25) is 4.57 Å². The summed E-state index contributed by atoms with van der Waals surface area (Å²) >= 11 is 0. The van der Waals surface area contributed by atoms with Crippen LogP contribution < -0.4 is 15.8 Å². The summed E-state index contributed by atoms with van der Waals surface area (Å²) in [6.45, 7) is 8.82. The third-order valence-corrected chi connectivity index (χ3v) is 9.37. The number of benzene rings is 2. The van der Waals surface area contributed by atoms with Crippen molar-refractivity contribution in [1.82, 2.24) is 4.31 Å². The smallest absolute Gasteiger partial charge is 0.361 e. The van der Waals surface area contributed by atoms with Gasteiger partial charge < -0.3 is 19.5 Å². The molecule has 0 bridgehead atoms. The molecule has 2 rings (SSSR count). The van der Waals surface area contributed by atoms with E-state index in [0.29, 0.717) is 37.0 Å². The Morgan fingerprint density at radius 2 is 1.54 bits per heavy atom. The van der Waals surface area contributed by atoms with E-state index in [1.54, 1.807) is 57.4 Å². The van der Waals surface area contributed by atoms with Gasteiger partial charge in [0.05, 0.1) is 30.5 Å². The predicted octanol–water partition coefficient (Wildman–Crippen LogP) is 4.19. The Balaban J connectivity index is 2.07. The third-order valence-electron chi connectivity index (χ3n) is 5.36. The Morgan fingerprint density at radius 3 is 2.03 bits per heavy atom. The number of rotatable bonds is 15. The van der Waals surface area contributed by atoms with Crippen LogP contribution in [0.15, 0.2) is 53.4 Å². The molecule has 196 valence electrons. The zero-order chi connectivity index (χ0) is 26.1. The molecule has 0 saturated heterocycles. The van der Waals surface area contributed by atoms with Crippen molar-refractivity contribution in [3.8, 4) is 5.75 Å².